The van der Waals surface area contributed by atoms with Crippen molar-refractivity contribution in [3.8, 4) is 10.9 Å². The van der Waals surface area contributed by atoms with Gasteiger partial charge in [-0.3, -0.25) is 0 Å². The summed E-state index contributed by atoms with van der Waals surface area (Å²) in [7, 11) is 1.60. The molecule has 1 fully saturated rings. The normalized spacial score (nSPS) is 14.9. The number of likely N-dealkylation sites (tertiary alicyclic amines) is 1. The van der Waals surface area contributed by atoms with E-state index in [9.17, 15) is 9.18 Å². The van der Waals surface area contributed by atoms with Crippen molar-refractivity contribution in [2.75, 3.05) is 25.5 Å². The second-order valence-electron chi connectivity index (χ2n) is 6.55. The molecule has 0 bridgehead atoms. The second-order valence-corrected chi connectivity index (χ2v) is 7.55. The Kier molecular flexibility index (Phi) is 5.29. The molecule has 0 spiro atoms. The smallest absolute Gasteiger partial charge is 0.321 e. The molecule has 146 valence electrons. The first-order chi connectivity index (χ1) is 13.6. The lowest BCUT2D eigenvalue weighted by molar-refractivity contribution is 0.115. The van der Waals surface area contributed by atoms with Gasteiger partial charge in [0.15, 0.2) is 0 Å². The van der Waals surface area contributed by atoms with Crippen molar-refractivity contribution in [2.24, 2.45) is 0 Å². The van der Waals surface area contributed by atoms with Gasteiger partial charge in [-0.15, -0.1) is 0 Å². The largest absolute Gasteiger partial charge is 0.497 e. The first-order valence-corrected chi connectivity index (χ1v) is 9.85. The predicted octanol–water partition coefficient (Wildman–Crippen LogP) is 4.52. The van der Waals surface area contributed by atoms with Crippen LogP contribution in [0.25, 0.3) is 10.2 Å². The second kappa shape index (κ2) is 8.02. The Morgan fingerprint density at radius 1 is 1.21 bits per heavy atom. The molecule has 1 saturated heterocycles. The van der Waals surface area contributed by atoms with E-state index in [4.69, 9.17) is 9.47 Å². The molecule has 1 aliphatic rings. The molecule has 8 heteroatoms. The molecule has 3 aromatic rings. The Bertz CT molecular complexity index is 968. The van der Waals surface area contributed by atoms with E-state index in [1.807, 2.05) is 12.1 Å². The number of anilines is 1. The molecule has 0 unspecified atom stereocenters. The van der Waals surface area contributed by atoms with Crippen LogP contribution in [0.4, 0.5) is 14.9 Å². The molecule has 2 amide bonds. The number of ether oxygens (including phenoxy) is 2. The number of thiazole rings is 1. The number of piperidine rings is 1. The molecular formula is C20H20FN3O3S. The molecule has 1 aliphatic heterocycles. The average Bonchev–Trinajstić information content (AvgIpc) is 3.10. The van der Waals surface area contributed by atoms with E-state index in [2.05, 4.69) is 10.3 Å². The van der Waals surface area contributed by atoms with Gasteiger partial charge in [0, 0.05) is 31.6 Å². The fourth-order valence-corrected chi connectivity index (χ4v) is 4.03. The molecule has 0 aliphatic carbocycles. The van der Waals surface area contributed by atoms with E-state index < -0.39 is 0 Å². The van der Waals surface area contributed by atoms with Gasteiger partial charge in [-0.25, -0.2) is 14.2 Å². The Balaban J connectivity index is 1.30. The van der Waals surface area contributed by atoms with Crippen molar-refractivity contribution in [1.82, 2.24) is 9.88 Å². The number of rotatable bonds is 4. The molecule has 0 saturated carbocycles. The molecule has 0 atom stereocenters. The van der Waals surface area contributed by atoms with E-state index >= 15 is 0 Å². The van der Waals surface area contributed by atoms with Crippen LogP contribution in [0.3, 0.4) is 0 Å². The molecule has 2 aromatic carbocycles. The Hall–Kier alpha value is -2.87. The third kappa shape index (κ3) is 4.17. The maximum Gasteiger partial charge on any atom is 0.321 e. The van der Waals surface area contributed by atoms with Crippen molar-refractivity contribution >= 4 is 33.3 Å². The summed E-state index contributed by atoms with van der Waals surface area (Å²) in [4.78, 5) is 18.6. The average molecular weight is 401 g/mol. The monoisotopic (exact) mass is 401 g/mol. The van der Waals surface area contributed by atoms with E-state index in [1.54, 1.807) is 30.2 Å². The molecular weight excluding hydrogens is 381 g/mol. The molecule has 28 heavy (non-hydrogen) atoms. The summed E-state index contributed by atoms with van der Waals surface area (Å²) in [6, 6.07) is 11.6. The van der Waals surface area contributed by atoms with Gasteiger partial charge in [0.25, 0.3) is 5.19 Å². The SMILES string of the molecule is COc1ccc(NC(=O)N2CCC(Oc3nc4ccc(F)cc4s3)CC2)cc1. The van der Waals surface area contributed by atoms with Gasteiger partial charge in [-0.2, -0.15) is 0 Å². The summed E-state index contributed by atoms with van der Waals surface area (Å²) in [5.74, 6) is 0.465. The summed E-state index contributed by atoms with van der Waals surface area (Å²) in [5, 5.41) is 3.44. The highest BCUT2D eigenvalue weighted by molar-refractivity contribution is 7.20. The zero-order valence-electron chi connectivity index (χ0n) is 15.4. The van der Waals surface area contributed by atoms with Crippen LogP contribution in [0.2, 0.25) is 0 Å². The predicted molar refractivity (Wildman–Crippen MR) is 107 cm³/mol. The number of nitrogens with one attached hydrogen (secondary N) is 1. The summed E-state index contributed by atoms with van der Waals surface area (Å²) < 4.78 is 25.2. The molecule has 6 nitrogen and oxygen atoms in total. The third-order valence-electron chi connectivity index (χ3n) is 4.67. The molecule has 2 heterocycles. The van der Waals surface area contributed by atoms with Crippen molar-refractivity contribution in [3.05, 3.63) is 48.3 Å². The Morgan fingerprint density at radius 3 is 2.68 bits per heavy atom. The number of hydrogen-bond donors (Lipinski definition) is 1. The van der Waals surface area contributed by atoms with Crippen LogP contribution in [0.1, 0.15) is 12.8 Å². The Labute approximate surface area is 165 Å². The van der Waals surface area contributed by atoms with Gasteiger partial charge in [-0.05, 0) is 42.5 Å². The van der Waals surface area contributed by atoms with E-state index in [0.29, 0.717) is 18.3 Å². The van der Waals surface area contributed by atoms with Crippen molar-refractivity contribution in [1.29, 1.82) is 0 Å². The first kappa shape index (κ1) is 18.5. The summed E-state index contributed by atoms with van der Waals surface area (Å²) in [6.07, 6.45) is 1.44. The van der Waals surface area contributed by atoms with Crippen molar-refractivity contribution in [2.45, 2.75) is 18.9 Å². The summed E-state index contributed by atoms with van der Waals surface area (Å²) in [6.45, 7) is 1.21. The molecule has 4 rings (SSSR count). The quantitative estimate of drug-likeness (QED) is 0.698. The van der Waals surface area contributed by atoms with Gasteiger partial charge in [0.05, 0.1) is 17.3 Å². The molecule has 1 N–H and O–H groups in total. The third-order valence-corrected chi connectivity index (χ3v) is 5.58. The van der Waals surface area contributed by atoms with Crippen LogP contribution in [0, 0.1) is 5.82 Å². The maximum absolute atomic E-state index is 13.3. The van der Waals surface area contributed by atoms with E-state index in [1.165, 1.54) is 23.5 Å². The number of hydrogen-bond acceptors (Lipinski definition) is 5. The van der Waals surface area contributed by atoms with Crippen LogP contribution in [0.15, 0.2) is 42.5 Å². The number of aromatic nitrogens is 1. The number of nitrogens with zero attached hydrogens (tertiary/aromatic N) is 2. The lowest BCUT2D eigenvalue weighted by Gasteiger charge is -2.31. The van der Waals surface area contributed by atoms with Gasteiger partial charge in [-0.1, -0.05) is 11.3 Å². The van der Waals surface area contributed by atoms with Gasteiger partial charge < -0.3 is 19.7 Å². The maximum atomic E-state index is 13.3. The zero-order valence-corrected chi connectivity index (χ0v) is 16.2. The highest BCUT2D eigenvalue weighted by Crippen LogP contribution is 2.30. The topological polar surface area (TPSA) is 63.7 Å². The summed E-state index contributed by atoms with van der Waals surface area (Å²) >= 11 is 1.34. The standard InChI is InChI=1S/C20H20FN3O3S/c1-26-15-5-3-14(4-6-15)22-19(25)24-10-8-16(9-11-24)27-20-23-17-7-2-13(21)12-18(17)28-20/h2-7,12,16H,8-11H2,1H3,(H,22,25). The van der Waals surface area contributed by atoms with Crippen LogP contribution >= 0.6 is 11.3 Å². The lowest BCUT2D eigenvalue weighted by atomic mass is 10.1. The number of halogens is 1. The van der Waals surface area contributed by atoms with Gasteiger partial charge in [0.2, 0.25) is 0 Å². The number of carbonyl (C=O) groups excluding carboxylic acids is 1. The fraction of sp³-hybridized carbons (Fsp3) is 0.300. The van der Waals surface area contributed by atoms with Gasteiger partial charge in [0.1, 0.15) is 17.7 Å². The minimum atomic E-state index is -0.279. The number of urea groups is 1. The lowest BCUT2D eigenvalue weighted by Crippen LogP contribution is -2.43. The highest BCUT2D eigenvalue weighted by Gasteiger charge is 2.25. The van der Waals surface area contributed by atoms with Crippen LogP contribution in [0.5, 0.6) is 10.9 Å². The van der Waals surface area contributed by atoms with Crippen molar-refractivity contribution < 1.29 is 18.7 Å². The zero-order chi connectivity index (χ0) is 19.5. The molecule has 0 radical (unpaired) electrons. The highest BCUT2D eigenvalue weighted by atomic mass is 32.1. The minimum absolute atomic E-state index is 0.00422. The minimum Gasteiger partial charge on any atom is -0.497 e. The molecule has 1 aromatic heterocycles. The first-order valence-electron chi connectivity index (χ1n) is 9.03. The van der Waals surface area contributed by atoms with Crippen LogP contribution in [-0.4, -0.2) is 42.2 Å². The number of carbonyl (C=O) groups is 1. The summed E-state index contributed by atoms with van der Waals surface area (Å²) in [5.41, 5.74) is 1.46. The number of methoxy groups -OCH3 is 1. The number of benzene rings is 2. The van der Waals surface area contributed by atoms with E-state index in [-0.39, 0.29) is 18.0 Å². The number of amides is 2. The van der Waals surface area contributed by atoms with E-state index in [0.717, 1.165) is 34.5 Å². The Morgan fingerprint density at radius 2 is 1.96 bits per heavy atom. The van der Waals surface area contributed by atoms with Crippen LogP contribution in [-0.2, 0) is 0 Å². The fourth-order valence-electron chi connectivity index (χ4n) is 3.12. The number of fused-ring (bicyclic) bond motifs is 1. The van der Waals surface area contributed by atoms with Crippen molar-refractivity contribution in [3.63, 3.8) is 0 Å². The van der Waals surface area contributed by atoms with Gasteiger partial charge >= 0.3 is 6.03 Å². The van der Waals surface area contributed by atoms with Crippen LogP contribution < -0.4 is 14.8 Å².